The molecule has 4 nitrogen and oxygen atoms in total. The minimum absolute atomic E-state index is 0.0524. The molecule has 1 N–H and O–H groups in total. The Bertz CT molecular complexity index is 458. The van der Waals surface area contributed by atoms with Crippen molar-refractivity contribution in [3.05, 3.63) is 15.6 Å². The number of hydrogen-bond acceptors (Lipinski definition) is 4. The van der Waals surface area contributed by atoms with Gasteiger partial charge in [-0.1, -0.05) is 6.92 Å². The molecule has 0 aliphatic carbocycles. The molecular formula is C15H25N3OS. The Morgan fingerprint density at radius 3 is 3.05 bits per heavy atom. The quantitative estimate of drug-likeness (QED) is 0.907. The molecule has 1 atom stereocenters. The summed E-state index contributed by atoms with van der Waals surface area (Å²) in [6.07, 6.45) is 4.47. The first-order valence-corrected chi connectivity index (χ1v) is 8.34. The van der Waals surface area contributed by atoms with Crippen molar-refractivity contribution in [2.45, 2.75) is 39.5 Å². The van der Waals surface area contributed by atoms with Gasteiger partial charge in [-0.3, -0.25) is 4.79 Å². The van der Waals surface area contributed by atoms with Gasteiger partial charge in [0.25, 0.3) is 5.91 Å². The number of hydrogen-bond donors (Lipinski definition) is 1. The Kier molecular flexibility index (Phi) is 5.54. The van der Waals surface area contributed by atoms with Crippen LogP contribution in [-0.4, -0.2) is 42.5 Å². The first-order chi connectivity index (χ1) is 9.60. The van der Waals surface area contributed by atoms with Crippen molar-refractivity contribution < 1.29 is 4.79 Å². The van der Waals surface area contributed by atoms with Gasteiger partial charge in [-0.2, -0.15) is 0 Å². The number of thiazole rings is 1. The van der Waals surface area contributed by atoms with Crippen molar-refractivity contribution in [3.63, 3.8) is 0 Å². The van der Waals surface area contributed by atoms with Crippen LogP contribution in [0.25, 0.3) is 0 Å². The Labute approximate surface area is 125 Å². The highest BCUT2D eigenvalue weighted by atomic mass is 32.1. The molecule has 0 aromatic carbocycles. The van der Waals surface area contributed by atoms with Crippen molar-refractivity contribution in [2.75, 3.05) is 26.7 Å². The zero-order valence-corrected chi connectivity index (χ0v) is 13.6. The lowest BCUT2D eigenvalue weighted by Crippen LogP contribution is -2.34. The number of nitrogens with one attached hydrogen (secondary N) is 1. The van der Waals surface area contributed by atoms with E-state index in [2.05, 4.69) is 22.2 Å². The van der Waals surface area contributed by atoms with Crippen LogP contribution in [-0.2, 0) is 6.42 Å². The molecule has 0 saturated carbocycles. The third-order valence-electron chi connectivity index (χ3n) is 3.91. The molecule has 1 aliphatic heterocycles. The molecule has 112 valence electrons. The molecule has 1 aromatic heterocycles. The number of likely N-dealkylation sites (tertiary alicyclic amines) is 1. The van der Waals surface area contributed by atoms with Gasteiger partial charge in [0.15, 0.2) is 0 Å². The van der Waals surface area contributed by atoms with Crippen molar-refractivity contribution in [1.29, 1.82) is 0 Å². The molecule has 1 fully saturated rings. The van der Waals surface area contributed by atoms with Crippen molar-refractivity contribution in [2.24, 2.45) is 5.92 Å². The summed E-state index contributed by atoms with van der Waals surface area (Å²) in [7, 11) is 2.18. The van der Waals surface area contributed by atoms with E-state index in [0.29, 0.717) is 0 Å². The first kappa shape index (κ1) is 15.4. The minimum atomic E-state index is 0.0524. The SMILES string of the molecule is CCc1nc(C)sc1C(=O)NCC[C@@H]1CCCN(C)C1. The number of carbonyl (C=O) groups is 1. The van der Waals surface area contributed by atoms with Gasteiger partial charge in [0.2, 0.25) is 0 Å². The highest BCUT2D eigenvalue weighted by molar-refractivity contribution is 7.13. The smallest absolute Gasteiger partial charge is 0.263 e. The molecule has 1 aliphatic rings. The maximum Gasteiger partial charge on any atom is 0.263 e. The van der Waals surface area contributed by atoms with Crippen LogP contribution in [0.3, 0.4) is 0 Å². The van der Waals surface area contributed by atoms with Gasteiger partial charge in [0.05, 0.1) is 10.7 Å². The van der Waals surface area contributed by atoms with E-state index in [-0.39, 0.29) is 5.91 Å². The summed E-state index contributed by atoms with van der Waals surface area (Å²) in [6.45, 7) is 7.15. The number of piperidine rings is 1. The molecule has 20 heavy (non-hydrogen) atoms. The molecule has 0 spiro atoms. The molecule has 1 amide bonds. The number of aryl methyl sites for hydroxylation is 2. The highest BCUT2D eigenvalue weighted by Crippen LogP contribution is 2.20. The molecule has 1 saturated heterocycles. The van der Waals surface area contributed by atoms with Crippen LogP contribution in [0.4, 0.5) is 0 Å². The standard InChI is InChI=1S/C15H25N3OS/c1-4-13-14(20-11(2)17-13)15(19)16-8-7-12-6-5-9-18(3)10-12/h12H,4-10H2,1-3H3,(H,16,19)/t12-/m0/s1. The lowest BCUT2D eigenvalue weighted by Gasteiger charge is -2.29. The van der Waals surface area contributed by atoms with E-state index in [4.69, 9.17) is 0 Å². The van der Waals surface area contributed by atoms with E-state index in [1.165, 1.54) is 30.7 Å². The van der Waals surface area contributed by atoms with Crippen molar-refractivity contribution in [1.82, 2.24) is 15.2 Å². The van der Waals surface area contributed by atoms with Gasteiger partial charge in [-0.25, -0.2) is 4.98 Å². The second kappa shape index (κ2) is 7.18. The summed E-state index contributed by atoms with van der Waals surface area (Å²) in [5.74, 6) is 0.777. The van der Waals surface area contributed by atoms with E-state index in [0.717, 1.165) is 47.4 Å². The Morgan fingerprint density at radius 1 is 1.55 bits per heavy atom. The monoisotopic (exact) mass is 295 g/mol. The van der Waals surface area contributed by atoms with Crippen LogP contribution in [0.5, 0.6) is 0 Å². The van der Waals surface area contributed by atoms with E-state index < -0.39 is 0 Å². The summed E-state index contributed by atoms with van der Waals surface area (Å²) < 4.78 is 0. The minimum Gasteiger partial charge on any atom is -0.351 e. The van der Waals surface area contributed by atoms with Crippen LogP contribution in [0.2, 0.25) is 0 Å². The van der Waals surface area contributed by atoms with E-state index in [9.17, 15) is 4.79 Å². The van der Waals surface area contributed by atoms with Gasteiger partial charge in [0, 0.05) is 13.1 Å². The second-order valence-electron chi connectivity index (χ2n) is 5.68. The molecule has 0 radical (unpaired) electrons. The van der Waals surface area contributed by atoms with Crippen molar-refractivity contribution >= 4 is 17.2 Å². The van der Waals surface area contributed by atoms with Gasteiger partial charge in [-0.05, 0) is 52.1 Å². The van der Waals surface area contributed by atoms with Gasteiger partial charge in [-0.15, -0.1) is 11.3 Å². The summed E-state index contributed by atoms with van der Waals surface area (Å²) in [4.78, 5) is 19.8. The first-order valence-electron chi connectivity index (χ1n) is 7.53. The van der Waals surface area contributed by atoms with E-state index >= 15 is 0 Å². The second-order valence-corrected chi connectivity index (χ2v) is 6.88. The summed E-state index contributed by atoms with van der Waals surface area (Å²) in [5.41, 5.74) is 0.933. The maximum atomic E-state index is 12.2. The van der Waals surface area contributed by atoms with E-state index in [1.807, 2.05) is 13.8 Å². The lowest BCUT2D eigenvalue weighted by molar-refractivity contribution is 0.0951. The van der Waals surface area contributed by atoms with Gasteiger partial charge < -0.3 is 10.2 Å². The van der Waals surface area contributed by atoms with Crippen LogP contribution in [0.15, 0.2) is 0 Å². The third kappa shape index (κ3) is 4.03. The fraction of sp³-hybridized carbons (Fsp3) is 0.733. The normalized spacial score (nSPS) is 20.1. The number of carbonyl (C=O) groups excluding carboxylic acids is 1. The van der Waals surface area contributed by atoms with Crippen LogP contribution < -0.4 is 5.32 Å². The Morgan fingerprint density at radius 2 is 2.35 bits per heavy atom. The lowest BCUT2D eigenvalue weighted by atomic mass is 9.95. The zero-order valence-electron chi connectivity index (χ0n) is 12.7. The van der Waals surface area contributed by atoms with Crippen molar-refractivity contribution in [3.8, 4) is 0 Å². The molecule has 0 unspecified atom stereocenters. The number of rotatable bonds is 5. The highest BCUT2D eigenvalue weighted by Gasteiger charge is 2.18. The maximum absolute atomic E-state index is 12.2. The molecule has 5 heteroatoms. The van der Waals surface area contributed by atoms with E-state index in [1.54, 1.807) is 0 Å². The molecular weight excluding hydrogens is 270 g/mol. The summed E-state index contributed by atoms with van der Waals surface area (Å²) >= 11 is 1.50. The van der Waals surface area contributed by atoms with Gasteiger partial charge >= 0.3 is 0 Å². The average Bonchev–Trinajstić information content (AvgIpc) is 2.80. The number of aromatic nitrogens is 1. The van der Waals surface area contributed by atoms with Gasteiger partial charge in [0.1, 0.15) is 4.88 Å². The fourth-order valence-electron chi connectivity index (χ4n) is 2.87. The Hall–Kier alpha value is -0.940. The predicted octanol–water partition coefficient (Wildman–Crippen LogP) is 2.48. The van der Waals surface area contributed by atoms with Crippen LogP contribution >= 0.6 is 11.3 Å². The third-order valence-corrected chi connectivity index (χ3v) is 4.92. The summed E-state index contributed by atoms with van der Waals surface area (Å²) in [6, 6.07) is 0. The Balaban J connectivity index is 1.80. The average molecular weight is 295 g/mol. The van der Waals surface area contributed by atoms with Crippen LogP contribution in [0, 0.1) is 12.8 Å². The molecule has 2 heterocycles. The zero-order chi connectivity index (χ0) is 14.5. The largest absolute Gasteiger partial charge is 0.351 e. The number of nitrogens with zero attached hydrogens (tertiary/aromatic N) is 2. The van der Waals surface area contributed by atoms with Crippen LogP contribution in [0.1, 0.15) is 46.6 Å². The summed E-state index contributed by atoms with van der Waals surface area (Å²) in [5, 5.41) is 4.04. The number of amides is 1. The predicted molar refractivity (Wildman–Crippen MR) is 83.4 cm³/mol. The molecule has 1 aromatic rings. The topological polar surface area (TPSA) is 45.2 Å². The molecule has 0 bridgehead atoms. The molecule has 2 rings (SSSR count). The fourth-order valence-corrected chi connectivity index (χ4v) is 3.79.